The zero-order valence-corrected chi connectivity index (χ0v) is 21.6. The van der Waals surface area contributed by atoms with E-state index in [0.717, 1.165) is 39.2 Å². The van der Waals surface area contributed by atoms with Crippen LogP contribution < -0.4 is 9.64 Å². The summed E-state index contributed by atoms with van der Waals surface area (Å²) in [4.78, 5) is 19.8. The zero-order chi connectivity index (χ0) is 26.0. The second-order valence-electron chi connectivity index (χ2n) is 9.86. The minimum Gasteiger partial charge on any atom is -0.497 e. The third-order valence-corrected chi connectivity index (χ3v) is 6.13. The molecule has 4 rings (SSSR count). The van der Waals surface area contributed by atoms with Crippen LogP contribution in [0.25, 0.3) is 11.0 Å². The molecule has 0 unspecified atom stereocenters. The average Bonchev–Trinajstić information content (AvgIpc) is 3.08. The minimum absolute atomic E-state index is 0.222. The molecule has 0 bridgehead atoms. The Balaban J connectivity index is 1.85. The molecule has 0 saturated carbocycles. The maximum atomic E-state index is 13.6. The van der Waals surface area contributed by atoms with E-state index in [1.807, 2.05) is 58.0 Å². The lowest BCUT2D eigenvalue weighted by Crippen LogP contribution is -2.36. The number of pyridine rings is 1. The molecule has 6 nitrogen and oxygen atoms in total. The summed E-state index contributed by atoms with van der Waals surface area (Å²) in [7, 11) is 1.65. The first-order valence-electron chi connectivity index (χ1n) is 11.9. The van der Waals surface area contributed by atoms with Crippen molar-refractivity contribution >= 4 is 22.8 Å². The maximum absolute atomic E-state index is 13.6. The number of ether oxygens (including phenoxy) is 2. The van der Waals surface area contributed by atoms with Crippen LogP contribution in [0.1, 0.15) is 43.2 Å². The van der Waals surface area contributed by atoms with E-state index in [9.17, 15) is 9.18 Å². The van der Waals surface area contributed by atoms with Crippen LogP contribution >= 0.6 is 0 Å². The van der Waals surface area contributed by atoms with Crippen LogP contribution in [0, 0.1) is 19.7 Å². The Morgan fingerprint density at radius 2 is 1.64 bits per heavy atom. The predicted octanol–water partition coefficient (Wildman–Crippen LogP) is 6.79. The SMILES string of the molecule is COc1ccc(Cn2c(C)c(C)c3nccc(N(Cc4ccc(F)cc4)C(=O)OC(C)(C)C)c32)cc1. The number of nitrogens with zero attached hydrogens (tertiary/aromatic N) is 3. The summed E-state index contributed by atoms with van der Waals surface area (Å²) in [6, 6.07) is 15.9. The number of hydrogen-bond acceptors (Lipinski definition) is 4. The van der Waals surface area contributed by atoms with Gasteiger partial charge in [0, 0.05) is 18.4 Å². The number of benzene rings is 2. The standard InChI is InChI=1S/C29H32FN3O3/c1-19-20(2)32(17-22-9-13-24(35-6)14-10-22)27-25(15-16-31-26(19)27)33(28(34)36-29(3,4)5)18-21-7-11-23(30)12-8-21/h7-16H,17-18H2,1-6H3. The van der Waals surface area contributed by atoms with E-state index in [0.29, 0.717) is 12.2 Å². The van der Waals surface area contributed by atoms with E-state index in [1.165, 1.54) is 12.1 Å². The van der Waals surface area contributed by atoms with Gasteiger partial charge >= 0.3 is 6.09 Å². The van der Waals surface area contributed by atoms with Crippen LogP contribution in [-0.2, 0) is 17.8 Å². The number of carbonyl (C=O) groups is 1. The van der Waals surface area contributed by atoms with E-state index >= 15 is 0 Å². The highest BCUT2D eigenvalue weighted by molar-refractivity contribution is 6.00. The fourth-order valence-corrected chi connectivity index (χ4v) is 4.19. The van der Waals surface area contributed by atoms with Crippen LogP contribution in [0.5, 0.6) is 5.75 Å². The molecule has 0 aliphatic carbocycles. The molecule has 0 N–H and O–H groups in total. The Morgan fingerprint density at radius 3 is 2.25 bits per heavy atom. The van der Waals surface area contributed by atoms with Gasteiger partial charge in [-0.2, -0.15) is 0 Å². The molecule has 1 amide bonds. The van der Waals surface area contributed by atoms with Gasteiger partial charge in [0.15, 0.2) is 0 Å². The lowest BCUT2D eigenvalue weighted by Gasteiger charge is -2.28. The number of halogens is 1. The maximum Gasteiger partial charge on any atom is 0.415 e. The summed E-state index contributed by atoms with van der Waals surface area (Å²) in [5, 5.41) is 0. The summed E-state index contributed by atoms with van der Waals surface area (Å²) >= 11 is 0. The van der Waals surface area contributed by atoms with Gasteiger partial charge in [0.1, 0.15) is 17.2 Å². The van der Waals surface area contributed by atoms with Gasteiger partial charge in [-0.25, -0.2) is 9.18 Å². The van der Waals surface area contributed by atoms with E-state index in [2.05, 4.69) is 16.5 Å². The van der Waals surface area contributed by atoms with Crippen molar-refractivity contribution < 1.29 is 18.7 Å². The largest absolute Gasteiger partial charge is 0.497 e. The van der Waals surface area contributed by atoms with Crippen molar-refractivity contribution in [1.29, 1.82) is 0 Å². The molecule has 0 fully saturated rings. The summed E-state index contributed by atoms with van der Waals surface area (Å²) in [5.74, 6) is 0.468. The second-order valence-corrected chi connectivity index (χ2v) is 9.86. The van der Waals surface area contributed by atoms with Crippen LogP contribution in [0.3, 0.4) is 0 Å². The molecule has 0 aliphatic heterocycles. The lowest BCUT2D eigenvalue weighted by molar-refractivity contribution is 0.0578. The van der Waals surface area contributed by atoms with Gasteiger partial charge in [-0.3, -0.25) is 9.88 Å². The quantitative estimate of drug-likeness (QED) is 0.299. The van der Waals surface area contributed by atoms with Crippen molar-refractivity contribution in [2.75, 3.05) is 12.0 Å². The number of rotatable bonds is 6. The van der Waals surface area contributed by atoms with E-state index < -0.39 is 11.7 Å². The molecule has 36 heavy (non-hydrogen) atoms. The van der Waals surface area contributed by atoms with Crippen molar-refractivity contribution in [3.05, 3.63) is 89.0 Å². The first-order chi connectivity index (χ1) is 17.1. The number of aromatic nitrogens is 2. The lowest BCUT2D eigenvalue weighted by atomic mass is 10.1. The molecule has 188 valence electrons. The number of carbonyl (C=O) groups excluding carboxylic acids is 1. The Bertz CT molecular complexity index is 1370. The van der Waals surface area contributed by atoms with Gasteiger partial charge in [0.05, 0.1) is 30.4 Å². The molecule has 7 heteroatoms. The molecule has 0 aliphatic rings. The van der Waals surface area contributed by atoms with E-state index in [-0.39, 0.29) is 12.4 Å². The third kappa shape index (κ3) is 5.35. The van der Waals surface area contributed by atoms with Crippen LogP contribution in [0.2, 0.25) is 0 Å². The normalized spacial score (nSPS) is 11.5. The first kappa shape index (κ1) is 25.2. The summed E-state index contributed by atoms with van der Waals surface area (Å²) in [6.07, 6.45) is 1.23. The van der Waals surface area contributed by atoms with Crippen molar-refractivity contribution in [3.63, 3.8) is 0 Å². The number of methoxy groups -OCH3 is 1. The minimum atomic E-state index is -0.679. The van der Waals surface area contributed by atoms with Gasteiger partial charge < -0.3 is 14.0 Å². The van der Waals surface area contributed by atoms with Crippen molar-refractivity contribution in [3.8, 4) is 5.75 Å². The van der Waals surface area contributed by atoms with Gasteiger partial charge in [0.25, 0.3) is 0 Å². The molecule has 0 spiro atoms. The smallest absolute Gasteiger partial charge is 0.415 e. The highest BCUT2D eigenvalue weighted by Gasteiger charge is 2.27. The van der Waals surface area contributed by atoms with Crippen LogP contribution in [-0.4, -0.2) is 28.4 Å². The second kappa shape index (κ2) is 10.0. The Hall–Kier alpha value is -3.87. The number of anilines is 1. The van der Waals surface area contributed by atoms with Crippen LogP contribution in [0.4, 0.5) is 14.9 Å². The fraction of sp³-hybridized carbons (Fsp3) is 0.310. The summed E-state index contributed by atoms with van der Waals surface area (Å²) in [5.41, 5.74) is 5.66. The molecule has 4 aromatic rings. The summed E-state index contributed by atoms with van der Waals surface area (Å²) < 4.78 is 26.8. The van der Waals surface area contributed by atoms with Gasteiger partial charge in [-0.15, -0.1) is 0 Å². The predicted molar refractivity (Wildman–Crippen MR) is 140 cm³/mol. The van der Waals surface area contributed by atoms with Crippen molar-refractivity contribution in [2.45, 2.75) is 53.3 Å². The van der Waals surface area contributed by atoms with E-state index in [1.54, 1.807) is 30.3 Å². The highest BCUT2D eigenvalue weighted by atomic mass is 19.1. The van der Waals surface area contributed by atoms with Gasteiger partial charge in [0.2, 0.25) is 0 Å². The summed E-state index contributed by atoms with van der Waals surface area (Å²) in [6.45, 7) is 10.4. The molecule has 2 aromatic heterocycles. The topological polar surface area (TPSA) is 56.6 Å². The average molecular weight is 490 g/mol. The zero-order valence-electron chi connectivity index (χ0n) is 21.6. The Labute approximate surface area is 211 Å². The monoisotopic (exact) mass is 489 g/mol. The Morgan fingerprint density at radius 1 is 1.00 bits per heavy atom. The number of fused-ring (bicyclic) bond motifs is 1. The molecule has 0 radical (unpaired) electrons. The number of hydrogen-bond donors (Lipinski definition) is 0. The van der Waals surface area contributed by atoms with Crippen molar-refractivity contribution in [1.82, 2.24) is 9.55 Å². The van der Waals surface area contributed by atoms with Gasteiger partial charge in [-0.05, 0) is 81.6 Å². The molecule has 2 heterocycles. The first-order valence-corrected chi connectivity index (χ1v) is 11.9. The number of amides is 1. The highest BCUT2D eigenvalue weighted by Crippen LogP contribution is 2.34. The Kier molecular flexibility index (Phi) is 7.02. The molecular formula is C29H32FN3O3. The van der Waals surface area contributed by atoms with Crippen LogP contribution in [0.15, 0.2) is 60.8 Å². The molecule has 2 aromatic carbocycles. The molecular weight excluding hydrogens is 457 g/mol. The van der Waals surface area contributed by atoms with Crippen molar-refractivity contribution in [2.24, 2.45) is 0 Å². The van der Waals surface area contributed by atoms with Gasteiger partial charge in [-0.1, -0.05) is 24.3 Å². The molecule has 0 saturated heterocycles. The number of aryl methyl sites for hydroxylation is 1. The van der Waals surface area contributed by atoms with E-state index in [4.69, 9.17) is 9.47 Å². The third-order valence-electron chi connectivity index (χ3n) is 6.13. The fourth-order valence-electron chi connectivity index (χ4n) is 4.19. The molecule has 0 atom stereocenters.